The molecule has 2 N–H and O–H groups in total. The Morgan fingerprint density at radius 2 is 1.67 bits per heavy atom. The number of hydrogen-bond donors (Lipinski definition) is 1. The molecule has 0 saturated carbocycles. The molecule has 0 aliphatic rings. The Labute approximate surface area is 126 Å². The highest BCUT2D eigenvalue weighted by molar-refractivity contribution is 5.73. The minimum atomic E-state index is -0.517. The molecule has 21 heavy (non-hydrogen) atoms. The zero-order valence-corrected chi connectivity index (χ0v) is 13.4. The van der Waals surface area contributed by atoms with E-state index in [-0.39, 0.29) is 18.4 Å². The number of benzene rings is 1. The summed E-state index contributed by atoms with van der Waals surface area (Å²) in [5, 5.41) is 0. The van der Waals surface area contributed by atoms with Crippen molar-refractivity contribution in [3.8, 4) is 11.5 Å². The molecule has 1 aromatic rings. The molecule has 0 saturated heterocycles. The molecule has 0 aliphatic heterocycles. The average Bonchev–Trinajstić information content (AvgIpc) is 2.42. The van der Waals surface area contributed by atoms with Crippen LogP contribution in [0.5, 0.6) is 11.5 Å². The second kappa shape index (κ2) is 7.31. The summed E-state index contributed by atoms with van der Waals surface area (Å²) in [6.07, 6.45) is 0.485. The highest BCUT2D eigenvalue weighted by atomic mass is 16.6. The van der Waals surface area contributed by atoms with Crippen molar-refractivity contribution >= 4 is 5.97 Å². The van der Waals surface area contributed by atoms with E-state index in [0.29, 0.717) is 17.9 Å². The fraction of sp³-hybridized carbons (Fsp3) is 0.562. The Morgan fingerprint density at radius 3 is 2.05 bits per heavy atom. The fourth-order valence-electron chi connectivity index (χ4n) is 1.92. The van der Waals surface area contributed by atoms with Gasteiger partial charge in [-0.15, -0.1) is 0 Å². The number of carbonyl (C=O) groups excluding carboxylic acids is 1. The molecule has 0 amide bonds. The lowest BCUT2D eigenvalue weighted by Crippen LogP contribution is -2.33. The van der Waals surface area contributed by atoms with Gasteiger partial charge in [-0.3, -0.25) is 4.79 Å². The van der Waals surface area contributed by atoms with Crippen LogP contribution in [0.15, 0.2) is 18.2 Å². The molecule has 0 aliphatic carbocycles. The Balaban J connectivity index is 2.88. The van der Waals surface area contributed by atoms with Gasteiger partial charge in [0.25, 0.3) is 0 Å². The molecule has 1 aromatic carbocycles. The summed E-state index contributed by atoms with van der Waals surface area (Å²) in [5.41, 5.74) is 6.12. The van der Waals surface area contributed by atoms with Crippen LogP contribution in [0.3, 0.4) is 0 Å². The number of methoxy groups -OCH3 is 2. The molecule has 0 heterocycles. The van der Waals surface area contributed by atoms with Crippen molar-refractivity contribution in [2.45, 2.75) is 32.8 Å². The van der Waals surface area contributed by atoms with Gasteiger partial charge in [-0.1, -0.05) is 0 Å². The highest BCUT2D eigenvalue weighted by Crippen LogP contribution is 2.25. The highest BCUT2D eigenvalue weighted by Gasteiger charge is 2.24. The lowest BCUT2D eigenvalue weighted by atomic mass is 9.98. The van der Waals surface area contributed by atoms with Gasteiger partial charge in [0, 0.05) is 12.6 Å². The predicted molar refractivity (Wildman–Crippen MR) is 81.6 cm³/mol. The molecular formula is C16H25NO4. The zero-order valence-electron chi connectivity index (χ0n) is 13.4. The maximum absolute atomic E-state index is 12.1. The van der Waals surface area contributed by atoms with Crippen molar-refractivity contribution in [2.75, 3.05) is 20.8 Å². The van der Waals surface area contributed by atoms with Crippen LogP contribution < -0.4 is 15.2 Å². The van der Waals surface area contributed by atoms with Gasteiger partial charge in [0.15, 0.2) is 0 Å². The molecule has 0 spiro atoms. The second-order valence-corrected chi connectivity index (χ2v) is 5.89. The van der Waals surface area contributed by atoms with Gasteiger partial charge >= 0.3 is 5.97 Å². The monoisotopic (exact) mass is 295 g/mol. The fourth-order valence-corrected chi connectivity index (χ4v) is 1.92. The van der Waals surface area contributed by atoms with Crippen LogP contribution in [0.1, 0.15) is 26.3 Å². The van der Waals surface area contributed by atoms with Crippen LogP contribution >= 0.6 is 0 Å². The van der Waals surface area contributed by atoms with Crippen LogP contribution in [0, 0.1) is 5.92 Å². The molecule has 0 radical (unpaired) electrons. The van der Waals surface area contributed by atoms with E-state index in [4.69, 9.17) is 19.9 Å². The summed E-state index contributed by atoms with van der Waals surface area (Å²) < 4.78 is 15.8. The molecule has 1 unspecified atom stereocenters. The standard InChI is InChI=1S/C16H25NO4/c1-16(2,3)21-15(18)12(10-17)6-11-7-13(19-4)9-14(8-11)20-5/h7-9,12H,6,10,17H2,1-5H3. The number of rotatable bonds is 6. The number of carbonyl (C=O) groups is 1. The topological polar surface area (TPSA) is 70.8 Å². The number of ether oxygens (including phenoxy) is 3. The van der Waals surface area contributed by atoms with Crippen molar-refractivity contribution in [3.05, 3.63) is 23.8 Å². The maximum Gasteiger partial charge on any atom is 0.311 e. The van der Waals surface area contributed by atoms with E-state index in [1.807, 2.05) is 32.9 Å². The molecule has 0 fully saturated rings. The van der Waals surface area contributed by atoms with E-state index in [1.165, 1.54) is 0 Å². The predicted octanol–water partition coefficient (Wildman–Crippen LogP) is 2.16. The van der Waals surface area contributed by atoms with Gasteiger partial charge in [-0.05, 0) is 44.9 Å². The second-order valence-electron chi connectivity index (χ2n) is 5.89. The molecule has 1 atom stereocenters. The van der Waals surface area contributed by atoms with E-state index >= 15 is 0 Å². The van der Waals surface area contributed by atoms with Gasteiger partial charge in [0.2, 0.25) is 0 Å². The lowest BCUT2D eigenvalue weighted by Gasteiger charge is -2.23. The van der Waals surface area contributed by atoms with E-state index in [9.17, 15) is 4.79 Å². The molecule has 5 nitrogen and oxygen atoms in total. The van der Waals surface area contributed by atoms with Crippen LogP contribution in [-0.4, -0.2) is 32.3 Å². The smallest absolute Gasteiger partial charge is 0.311 e. The third-order valence-corrected chi connectivity index (χ3v) is 2.92. The number of nitrogens with two attached hydrogens (primary N) is 1. The zero-order chi connectivity index (χ0) is 16.0. The quantitative estimate of drug-likeness (QED) is 0.814. The summed E-state index contributed by atoms with van der Waals surface area (Å²) >= 11 is 0. The summed E-state index contributed by atoms with van der Waals surface area (Å²) in [6.45, 7) is 5.75. The SMILES string of the molecule is COc1cc(CC(CN)C(=O)OC(C)(C)C)cc(OC)c1. The van der Waals surface area contributed by atoms with E-state index < -0.39 is 5.60 Å². The Hall–Kier alpha value is -1.75. The minimum Gasteiger partial charge on any atom is -0.497 e. The first-order valence-electron chi connectivity index (χ1n) is 6.94. The van der Waals surface area contributed by atoms with Crippen molar-refractivity contribution in [1.82, 2.24) is 0 Å². The first kappa shape index (κ1) is 17.3. The number of esters is 1. The molecule has 1 rings (SSSR count). The van der Waals surface area contributed by atoms with Crippen LogP contribution in [0.2, 0.25) is 0 Å². The normalized spacial score (nSPS) is 12.7. The van der Waals surface area contributed by atoms with Crippen LogP contribution in [0.25, 0.3) is 0 Å². The van der Waals surface area contributed by atoms with Gasteiger partial charge in [0.1, 0.15) is 17.1 Å². The summed E-state index contributed by atoms with van der Waals surface area (Å²) in [7, 11) is 3.18. The van der Waals surface area contributed by atoms with Gasteiger partial charge in [0.05, 0.1) is 20.1 Å². The van der Waals surface area contributed by atoms with Crippen molar-refractivity contribution in [1.29, 1.82) is 0 Å². The van der Waals surface area contributed by atoms with Gasteiger partial charge in [-0.25, -0.2) is 0 Å². The Bertz CT molecular complexity index is 457. The summed E-state index contributed by atoms with van der Waals surface area (Å²) in [4.78, 5) is 12.1. The largest absolute Gasteiger partial charge is 0.497 e. The molecular weight excluding hydrogens is 270 g/mol. The molecule has 0 bridgehead atoms. The van der Waals surface area contributed by atoms with E-state index in [0.717, 1.165) is 5.56 Å². The third-order valence-electron chi connectivity index (χ3n) is 2.92. The van der Waals surface area contributed by atoms with Crippen LogP contribution in [-0.2, 0) is 16.0 Å². The molecule has 5 heteroatoms. The summed E-state index contributed by atoms with van der Waals surface area (Å²) in [5.74, 6) is 0.696. The first-order valence-corrected chi connectivity index (χ1v) is 6.94. The third kappa shape index (κ3) is 5.63. The Morgan fingerprint density at radius 1 is 1.14 bits per heavy atom. The Kier molecular flexibility index (Phi) is 6.03. The minimum absolute atomic E-state index is 0.231. The van der Waals surface area contributed by atoms with Crippen LogP contribution in [0.4, 0.5) is 0 Å². The first-order chi connectivity index (χ1) is 9.78. The van der Waals surface area contributed by atoms with Crippen molar-refractivity contribution in [2.24, 2.45) is 11.7 Å². The van der Waals surface area contributed by atoms with E-state index in [2.05, 4.69) is 0 Å². The molecule has 0 aromatic heterocycles. The summed E-state index contributed by atoms with van der Waals surface area (Å²) in [6, 6.07) is 5.53. The van der Waals surface area contributed by atoms with E-state index in [1.54, 1.807) is 20.3 Å². The number of hydrogen-bond acceptors (Lipinski definition) is 5. The van der Waals surface area contributed by atoms with Crippen molar-refractivity contribution < 1.29 is 19.0 Å². The lowest BCUT2D eigenvalue weighted by molar-refractivity contribution is -0.159. The average molecular weight is 295 g/mol. The maximum atomic E-state index is 12.1. The van der Waals surface area contributed by atoms with Gasteiger partial charge < -0.3 is 19.9 Å². The molecule has 118 valence electrons. The van der Waals surface area contributed by atoms with Gasteiger partial charge in [-0.2, -0.15) is 0 Å². The van der Waals surface area contributed by atoms with Crippen molar-refractivity contribution in [3.63, 3.8) is 0 Å².